The first-order valence-electron chi connectivity index (χ1n) is 12.8. The molecule has 0 aliphatic carbocycles. The molecule has 0 aromatic heterocycles. The van der Waals surface area contributed by atoms with Crippen molar-refractivity contribution in [1.29, 1.82) is 0 Å². The van der Waals surface area contributed by atoms with Crippen LogP contribution in [0, 0.1) is 12.8 Å². The lowest BCUT2D eigenvalue weighted by Crippen LogP contribution is -2.40. The van der Waals surface area contributed by atoms with Crippen LogP contribution in [0.15, 0.2) is 36.5 Å². The Balaban J connectivity index is 0.00000249. The molecule has 1 fully saturated rings. The Bertz CT molecular complexity index is 621. The molecule has 4 heteroatoms. The van der Waals surface area contributed by atoms with E-state index in [9.17, 15) is 0 Å². The van der Waals surface area contributed by atoms with Gasteiger partial charge in [-0.15, -0.1) is 11.6 Å². The second kappa shape index (κ2) is 17.8. The van der Waals surface area contributed by atoms with Crippen LogP contribution in [0.4, 0.5) is 0 Å². The first kappa shape index (κ1) is 29.4. The molecule has 1 aliphatic heterocycles. The molecule has 2 rings (SSSR count). The van der Waals surface area contributed by atoms with Crippen LogP contribution >= 0.6 is 23.4 Å². The van der Waals surface area contributed by atoms with Crippen molar-refractivity contribution < 1.29 is 0 Å². The minimum atomic E-state index is 0.330. The number of hydrogen-bond donors (Lipinski definition) is 2. The highest BCUT2D eigenvalue weighted by atomic mass is 35.5. The van der Waals surface area contributed by atoms with Crippen LogP contribution < -0.4 is 10.6 Å². The Labute approximate surface area is 208 Å². The van der Waals surface area contributed by atoms with Crippen LogP contribution in [-0.4, -0.2) is 36.0 Å². The number of rotatable bonds is 13. The van der Waals surface area contributed by atoms with Gasteiger partial charge in [0.15, 0.2) is 0 Å². The van der Waals surface area contributed by atoms with Gasteiger partial charge in [-0.25, -0.2) is 0 Å². The zero-order chi connectivity index (χ0) is 23.8. The largest absolute Gasteiger partial charge is 0.384 e. The van der Waals surface area contributed by atoms with Gasteiger partial charge in [-0.1, -0.05) is 70.0 Å². The van der Waals surface area contributed by atoms with Gasteiger partial charge in [0, 0.05) is 28.9 Å². The molecule has 1 aliphatic rings. The number of hydrogen-bond acceptors (Lipinski definition) is 3. The van der Waals surface area contributed by atoms with Crippen molar-refractivity contribution in [2.24, 2.45) is 5.92 Å². The second-order valence-corrected chi connectivity index (χ2v) is 10.7. The predicted molar refractivity (Wildman–Crippen MR) is 148 cm³/mol. The van der Waals surface area contributed by atoms with Crippen molar-refractivity contribution in [2.45, 2.75) is 103 Å². The zero-order valence-corrected chi connectivity index (χ0v) is 23.0. The molecular formula is C28H49ClN2S. The fourth-order valence-corrected chi connectivity index (χ4v) is 5.03. The van der Waals surface area contributed by atoms with Gasteiger partial charge in [-0.2, -0.15) is 11.8 Å². The number of thioether (sulfide) groups is 1. The zero-order valence-electron chi connectivity index (χ0n) is 21.4. The molecule has 0 radical (unpaired) electrons. The molecule has 1 aromatic rings. The summed E-state index contributed by atoms with van der Waals surface area (Å²) in [6, 6.07) is 9.67. The molecule has 1 heterocycles. The number of aryl methyl sites for hydroxylation is 2. The van der Waals surface area contributed by atoms with Gasteiger partial charge in [0.25, 0.3) is 0 Å². The lowest BCUT2D eigenvalue weighted by molar-refractivity contribution is 0.414. The number of alkyl halides is 1. The third kappa shape index (κ3) is 12.0. The average Bonchev–Trinajstić information content (AvgIpc) is 3.06. The molecule has 2 N–H and O–H groups in total. The van der Waals surface area contributed by atoms with E-state index >= 15 is 0 Å². The maximum atomic E-state index is 6.23. The summed E-state index contributed by atoms with van der Waals surface area (Å²) in [5, 5.41) is 8.05. The van der Waals surface area contributed by atoms with Crippen LogP contribution in [-0.2, 0) is 6.42 Å². The van der Waals surface area contributed by atoms with E-state index in [0.29, 0.717) is 23.2 Å². The third-order valence-electron chi connectivity index (χ3n) is 6.54. The first-order chi connectivity index (χ1) is 15.5. The van der Waals surface area contributed by atoms with E-state index in [0.717, 1.165) is 24.6 Å². The maximum absolute atomic E-state index is 6.23. The molecule has 0 saturated carbocycles. The number of halogens is 1. The van der Waals surface area contributed by atoms with Crippen LogP contribution in [0.5, 0.6) is 0 Å². The summed E-state index contributed by atoms with van der Waals surface area (Å²) in [4.78, 5) is 0. The number of benzene rings is 1. The van der Waals surface area contributed by atoms with Crippen LogP contribution in [0.3, 0.4) is 0 Å². The molecule has 0 spiro atoms. The highest BCUT2D eigenvalue weighted by molar-refractivity contribution is 7.99. The van der Waals surface area contributed by atoms with Crippen molar-refractivity contribution >= 4 is 23.4 Å². The molecule has 184 valence electrons. The molecule has 0 amide bonds. The van der Waals surface area contributed by atoms with Crippen LogP contribution in [0.1, 0.15) is 83.3 Å². The summed E-state index contributed by atoms with van der Waals surface area (Å²) < 4.78 is 0. The molecular weight excluding hydrogens is 432 g/mol. The fourth-order valence-electron chi connectivity index (χ4n) is 4.43. The van der Waals surface area contributed by atoms with Crippen molar-refractivity contribution in [3.63, 3.8) is 0 Å². The molecule has 1 aromatic carbocycles. The van der Waals surface area contributed by atoms with E-state index in [-0.39, 0.29) is 0 Å². The first-order valence-corrected chi connectivity index (χ1v) is 14.7. The average molecular weight is 481 g/mol. The lowest BCUT2D eigenvalue weighted by atomic mass is 9.92. The molecule has 1 saturated heterocycles. The summed E-state index contributed by atoms with van der Waals surface area (Å²) in [5.41, 5.74) is 4.00. The minimum absolute atomic E-state index is 0.330. The summed E-state index contributed by atoms with van der Waals surface area (Å²) >= 11 is 8.15. The fraction of sp³-hybridized carbons (Fsp3) is 0.714. The molecule has 32 heavy (non-hydrogen) atoms. The van der Waals surface area contributed by atoms with Crippen molar-refractivity contribution in [3.8, 4) is 0 Å². The van der Waals surface area contributed by atoms with Gasteiger partial charge in [0.1, 0.15) is 0 Å². The molecule has 4 unspecified atom stereocenters. The summed E-state index contributed by atoms with van der Waals surface area (Å²) in [5.74, 6) is 1.50. The van der Waals surface area contributed by atoms with E-state index < -0.39 is 0 Å². The maximum Gasteiger partial charge on any atom is 0.0463 e. The standard InChI is InChI=1S/C26H43ClN2S.C2H6/c1-20-8-7-11-24(18-20)10-6-5-9-23-13-15-26(28-17-16-23)22(3)29-25(19-27)14-12-21(2)30-4;1-2/h7-8,11,18,21,23,25-26,28-29H,3,5-6,9-10,12-17,19H2,1-2,4H3;1-2H3. The van der Waals surface area contributed by atoms with Crippen molar-refractivity contribution in [1.82, 2.24) is 10.6 Å². The van der Waals surface area contributed by atoms with E-state index in [1.54, 1.807) is 0 Å². The Morgan fingerprint density at radius 1 is 1.22 bits per heavy atom. The van der Waals surface area contributed by atoms with Crippen LogP contribution in [0.25, 0.3) is 0 Å². The highest BCUT2D eigenvalue weighted by Crippen LogP contribution is 2.24. The highest BCUT2D eigenvalue weighted by Gasteiger charge is 2.21. The van der Waals surface area contributed by atoms with Gasteiger partial charge in [-0.3, -0.25) is 0 Å². The second-order valence-electron chi connectivity index (χ2n) is 9.12. The number of nitrogens with one attached hydrogen (secondary N) is 2. The Hall–Kier alpha value is -0.640. The molecule has 2 nitrogen and oxygen atoms in total. The molecule has 0 bridgehead atoms. The Morgan fingerprint density at radius 2 is 2.00 bits per heavy atom. The van der Waals surface area contributed by atoms with Crippen LogP contribution in [0.2, 0.25) is 0 Å². The summed E-state index contributed by atoms with van der Waals surface area (Å²) in [6.07, 6.45) is 13.5. The third-order valence-corrected chi connectivity index (χ3v) is 7.95. The summed E-state index contributed by atoms with van der Waals surface area (Å²) in [7, 11) is 0. The normalized spacial score (nSPS) is 20.4. The van der Waals surface area contributed by atoms with E-state index in [1.165, 1.54) is 62.5 Å². The van der Waals surface area contributed by atoms with Gasteiger partial charge in [0.2, 0.25) is 0 Å². The minimum Gasteiger partial charge on any atom is -0.384 e. The molecule has 4 atom stereocenters. The number of unbranched alkanes of at least 4 members (excludes halogenated alkanes) is 1. The Kier molecular flexibility index (Phi) is 16.3. The van der Waals surface area contributed by atoms with E-state index in [4.69, 9.17) is 11.6 Å². The van der Waals surface area contributed by atoms with Gasteiger partial charge in [-0.05, 0) is 76.2 Å². The van der Waals surface area contributed by atoms with Gasteiger partial charge >= 0.3 is 0 Å². The smallest absolute Gasteiger partial charge is 0.0463 e. The monoisotopic (exact) mass is 480 g/mol. The van der Waals surface area contributed by atoms with E-state index in [1.807, 2.05) is 25.6 Å². The predicted octanol–water partition coefficient (Wildman–Crippen LogP) is 7.73. The van der Waals surface area contributed by atoms with Crippen molar-refractivity contribution in [3.05, 3.63) is 47.7 Å². The van der Waals surface area contributed by atoms with Gasteiger partial charge < -0.3 is 10.6 Å². The quantitative estimate of drug-likeness (QED) is 0.223. The topological polar surface area (TPSA) is 24.1 Å². The summed E-state index contributed by atoms with van der Waals surface area (Å²) in [6.45, 7) is 13.9. The van der Waals surface area contributed by atoms with E-state index in [2.05, 4.69) is 61.6 Å². The Morgan fingerprint density at radius 3 is 2.69 bits per heavy atom. The SMILES string of the molecule is C=C(NC(CCl)CCC(C)SC)C1CCC(CCCCc2cccc(C)c2)CCN1.CC. The lowest BCUT2D eigenvalue weighted by Gasteiger charge is -2.26. The van der Waals surface area contributed by atoms with Crippen molar-refractivity contribution in [2.75, 3.05) is 18.7 Å². The van der Waals surface area contributed by atoms with Gasteiger partial charge in [0.05, 0.1) is 0 Å².